The molecule has 8 nitrogen and oxygen atoms in total. The van der Waals surface area contributed by atoms with E-state index in [4.69, 9.17) is 9.47 Å². The number of halogens is 2. The molecule has 0 atom stereocenters. The molecule has 0 aliphatic heterocycles. The van der Waals surface area contributed by atoms with Crippen molar-refractivity contribution in [3.8, 4) is 11.5 Å². The van der Waals surface area contributed by atoms with Crippen molar-refractivity contribution in [2.75, 3.05) is 11.9 Å². The zero-order chi connectivity index (χ0) is 28.5. The molecule has 0 heterocycles. The summed E-state index contributed by atoms with van der Waals surface area (Å²) in [5.41, 5.74) is 4.52. The number of anilines is 1. The summed E-state index contributed by atoms with van der Waals surface area (Å²) in [7, 11) is 0. The van der Waals surface area contributed by atoms with E-state index in [0.717, 1.165) is 8.95 Å². The minimum absolute atomic E-state index is 0.246. The first-order valence-electron chi connectivity index (χ1n) is 12.1. The van der Waals surface area contributed by atoms with Gasteiger partial charge in [0.15, 0.2) is 11.5 Å². The van der Waals surface area contributed by atoms with E-state index in [1.165, 1.54) is 6.21 Å². The third kappa shape index (κ3) is 7.64. The van der Waals surface area contributed by atoms with E-state index < -0.39 is 11.9 Å². The molecule has 4 rings (SSSR count). The molecular formula is C30H23Br2N3O5. The second kappa shape index (κ2) is 13.7. The molecular weight excluding hydrogens is 642 g/mol. The van der Waals surface area contributed by atoms with Crippen molar-refractivity contribution < 1.29 is 23.9 Å². The Morgan fingerprint density at radius 1 is 0.800 bits per heavy atom. The fraction of sp³-hybridized carbons (Fsp3) is 0.0667. The van der Waals surface area contributed by atoms with E-state index in [0.29, 0.717) is 34.7 Å². The Labute approximate surface area is 247 Å². The highest BCUT2D eigenvalue weighted by Gasteiger charge is 2.15. The lowest BCUT2D eigenvalue weighted by molar-refractivity contribution is 0.0728. The Morgan fingerprint density at radius 3 is 2.12 bits per heavy atom. The molecule has 0 aliphatic carbocycles. The molecule has 40 heavy (non-hydrogen) atoms. The van der Waals surface area contributed by atoms with Gasteiger partial charge < -0.3 is 14.8 Å². The third-order valence-electron chi connectivity index (χ3n) is 5.46. The Bertz CT molecular complexity index is 1550. The smallest absolute Gasteiger partial charge is 0.343 e. The number of carbonyl (C=O) groups excluding carboxylic acids is 3. The highest BCUT2D eigenvalue weighted by molar-refractivity contribution is 9.10. The van der Waals surface area contributed by atoms with Gasteiger partial charge in [-0.3, -0.25) is 9.59 Å². The highest BCUT2D eigenvalue weighted by Crippen LogP contribution is 2.29. The van der Waals surface area contributed by atoms with Crippen LogP contribution in [0.25, 0.3) is 0 Å². The summed E-state index contributed by atoms with van der Waals surface area (Å²) in [6, 6.07) is 25.2. The van der Waals surface area contributed by atoms with Crippen LogP contribution in [0, 0.1) is 0 Å². The van der Waals surface area contributed by atoms with Gasteiger partial charge in [-0.15, -0.1) is 0 Å². The Balaban J connectivity index is 1.43. The number of nitrogens with zero attached hydrogens (tertiary/aromatic N) is 1. The van der Waals surface area contributed by atoms with Gasteiger partial charge in [-0.2, -0.15) is 5.10 Å². The summed E-state index contributed by atoms with van der Waals surface area (Å²) in [6.45, 7) is 2.16. The van der Waals surface area contributed by atoms with Gasteiger partial charge in [0.05, 0.1) is 29.6 Å². The van der Waals surface area contributed by atoms with Crippen LogP contribution in [0.5, 0.6) is 11.5 Å². The average Bonchev–Trinajstić information content (AvgIpc) is 2.95. The van der Waals surface area contributed by atoms with Crippen molar-refractivity contribution in [3.63, 3.8) is 0 Å². The van der Waals surface area contributed by atoms with Crippen LogP contribution >= 0.6 is 31.9 Å². The second-order valence-corrected chi connectivity index (χ2v) is 10.1. The zero-order valence-electron chi connectivity index (χ0n) is 21.2. The van der Waals surface area contributed by atoms with E-state index in [-0.39, 0.29) is 17.2 Å². The number of ether oxygens (including phenoxy) is 2. The summed E-state index contributed by atoms with van der Waals surface area (Å²) in [6.07, 6.45) is 1.43. The predicted octanol–water partition coefficient (Wildman–Crippen LogP) is 6.85. The van der Waals surface area contributed by atoms with E-state index in [1.807, 2.05) is 6.92 Å². The van der Waals surface area contributed by atoms with Crippen LogP contribution in [0.1, 0.15) is 43.6 Å². The molecule has 202 valence electrons. The maximum absolute atomic E-state index is 12.9. The quantitative estimate of drug-likeness (QED) is 0.0882. The molecule has 2 N–H and O–H groups in total. The van der Waals surface area contributed by atoms with Crippen LogP contribution in [0.2, 0.25) is 0 Å². The first-order chi connectivity index (χ1) is 19.3. The second-order valence-electron chi connectivity index (χ2n) is 8.24. The summed E-state index contributed by atoms with van der Waals surface area (Å²) >= 11 is 6.68. The summed E-state index contributed by atoms with van der Waals surface area (Å²) in [5, 5.41) is 6.81. The van der Waals surface area contributed by atoms with Gasteiger partial charge >= 0.3 is 5.97 Å². The highest BCUT2D eigenvalue weighted by atomic mass is 79.9. The van der Waals surface area contributed by atoms with Crippen LogP contribution in [0.15, 0.2) is 105 Å². The van der Waals surface area contributed by atoms with Gasteiger partial charge in [0.2, 0.25) is 0 Å². The van der Waals surface area contributed by atoms with Crippen molar-refractivity contribution in [1.82, 2.24) is 5.43 Å². The molecule has 2 amide bonds. The largest absolute Gasteiger partial charge is 0.490 e. The first-order valence-corrected chi connectivity index (χ1v) is 13.7. The van der Waals surface area contributed by atoms with Crippen molar-refractivity contribution in [1.29, 1.82) is 0 Å². The van der Waals surface area contributed by atoms with Crippen molar-refractivity contribution in [3.05, 3.63) is 122 Å². The maximum Gasteiger partial charge on any atom is 0.343 e. The molecule has 0 bridgehead atoms. The number of nitrogens with one attached hydrogen (secondary N) is 2. The predicted molar refractivity (Wildman–Crippen MR) is 160 cm³/mol. The minimum atomic E-state index is -0.520. The Hall–Kier alpha value is -4.28. The van der Waals surface area contributed by atoms with Crippen molar-refractivity contribution >= 4 is 61.5 Å². The number of esters is 1. The Kier molecular flexibility index (Phi) is 9.82. The van der Waals surface area contributed by atoms with Crippen LogP contribution < -0.4 is 20.2 Å². The number of para-hydroxylation sites is 1. The molecule has 0 aromatic heterocycles. The third-order valence-corrected chi connectivity index (χ3v) is 6.51. The van der Waals surface area contributed by atoms with E-state index >= 15 is 0 Å². The molecule has 4 aromatic rings. The van der Waals surface area contributed by atoms with Crippen LogP contribution in [-0.2, 0) is 0 Å². The normalized spacial score (nSPS) is 10.7. The van der Waals surface area contributed by atoms with Gasteiger partial charge in [-0.05, 0) is 91.3 Å². The topological polar surface area (TPSA) is 106 Å². The van der Waals surface area contributed by atoms with Gasteiger partial charge in [0.1, 0.15) is 0 Å². The lowest BCUT2D eigenvalue weighted by Crippen LogP contribution is -2.21. The van der Waals surface area contributed by atoms with Gasteiger partial charge in [-0.25, -0.2) is 10.2 Å². The molecule has 0 radical (unpaired) electrons. The average molecular weight is 665 g/mol. The van der Waals surface area contributed by atoms with E-state index in [2.05, 4.69) is 47.7 Å². The fourth-order valence-electron chi connectivity index (χ4n) is 3.51. The maximum atomic E-state index is 12.9. The van der Waals surface area contributed by atoms with Crippen LogP contribution in [0.3, 0.4) is 0 Å². The van der Waals surface area contributed by atoms with Gasteiger partial charge in [0.25, 0.3) is 11.8 Å². The van der Waals surface area contributed by atoms with Crippen molar-refractivity contribution in [2.24, 2.45) is 5.10 Å². The van der Waals surface area contributed by atoms with Gasteiger partial charge in [0, 0.05) is 14.5 Å². The zero-order valence-corrected chi connectivity index (χ0v) is 24.4. The van der Waals surface area contributed by atoms with Crippen molar-refractivity contribution in [2.45, 2.75) is 6.92 Å². The molecule has 0 saturated heterocycles. The number of amides is 2. The molecule has 0 fully saturated rings. The van der Waals surface area contributed by atoms with E-state index in [9.17, 15) is 14.4 Å². The van der Waals surface area contributed by atoms with Crippen LogP contribution in [-0.4, -0.2) is 30.6 Å². The monoisotopic (exact) mass is 663 g/mol. The number of carbonyl (C=O) groups is 3. The lowest BCUT2D eigenvalue weighted by atomic mass is 10.1. The Morgan fingerprint density at radius 2 is 1.45 bits per heavy atom. The fourth-order valence-corrected chi connectivity index (χ4v) is 4.04. The standard InChI is InChI=1S/C30H23Br2N3O5/c1-2-39-27-17-19(7-16-26(27)40-30(38)21-10-14-23(32)15-11-21)18-33-35-29(37)24-5-3-4-6-25(24)34-28(36)20-8-12-22(31)13-9-20/h3-18H,2H2,1H3,(H,34,36)(H,35,37)/b33-18-. The number of hydrogen-bond acceptors (Lipinski definition) is 6. The minimum Gasteiger partial charge on any atom is -0.490 e. The van der Waals surface area contributed by atoms with Crippen LogP contribution in [0.4, 0.5) is 5.69 Å². The summed E-state index contributed by atoms with van der Waals surface area (Å²) < 4.78 is 12.9. The van der Waals surface area contributed by atoms with Gasteiger partial charge in [-0.1, -0.05) is 44.0 Å². The molecule has 0 saturated carbocycles. The molecule has 0 spiro atoms. The first kappa shape index (κ1) is 28.7. The molecule has 0 unspecified atom stereocenters. The lowest BCUT2D eigenvalue weighted by Gasteiger charge is -2.11. The molecule has 0 aliphatic rings. The number of hydrogen-bond donors (Lipinski definition) is 2. The number of benzene rings is 4. The number of rotatable bonds is 9. The SMILES string of the molecule is CCOc1cc(/C=N\NC(=O)c2ccccc2NC(=O)c2ccc(Br)cc2)ccc1OC(=O)c1ccc(Br)cc1. The summed E-state index contributed by atoms with van der Waals surface area (Å²) in [4.78, 5) is 38.0. The summed E-state index contributed by atoms with van der Waals surface area (Å²) in [5.74, 6) is -0.766. The van der Waals surface area contributed by atoms with E-state index in [1.54, 1.807) is 91.0 Å². The number of hydrazone groups is 1. The molecule has 10 heteroatoms. The molecule has 4 aromatic carbocycles.